The van der Waals surface area contributed by atoms with Gasteiger partial charge in [-0.1, -0.05) is 23.7 Å². The van der Waals surface area contributed by atoms with Crippen LogP contribution in [0.25, 0.3) is 0 Å². The molecule has 0 spiro atoms. The van der Waals surface area contributed by atoms with Crippen LogP contribution in [0.1, 0.15) is 12.5 Å². The number of morpholine rings is 1. The van der Waals surface area contributed by atoms with Crippen LogP contribution in [0.4, 0.5) is 0 Å². The van der Waals surface area contributed by atoms with Crippen LogP contribution in [0.3, 0.4) is 0 Å². The molecule has 2 atom stereocenters. The molecule has 1 aliphatic rings. The zero-order chi connectivity index (χ0) is 10.7. The molecule has 0 aliphatic carbocycles. The number of hydrogen-bond donors (Lipinski definition) is 1. The fraction of sp³-hybridized carbons (Fsp3) is 0.500. The molecule has 82 valence electrons. The lowest BCUT2D eigenvalue weighted by Crippen LogP contribution is -2.46. The number of ether oxygens (including phenoxy) is 1. The lowest BCUT2D eigenvalue weighted by Gasteiger charge is -2.28. The summed E-state index contributed by atoms with van der Waals surface area (Å²) in [6.45, 7) is 3.83. The Morgan fingerprint density at radius 2 is 2.13 bits per heavy atom. The Labute approximate surface area is 95.6 Å². The van der Waals surface area contributed by atoms with Crippen molar-refractivity contribution in [3.05, 3.63) is 34.9 Å². The SMILES string of the molecule is C[C@H]1CNC(Cc2ccc(Cl)cc2)CO1. The minimum Gasteiger partial charge on any atom is -0.376 e. The van der Waals surface area contributed by atoms with Gasteiger partial charge in [0.1, 0.15) is 0 Å². The molecule has 0 bridgehead atoms. The highest BCUT2D eigenvalue weighted by Gasteiger charge is 2.17. The van der Waals surface area contributed by atoms with Gasteiger partial charge in [0.25, 0.3) is 0 Å². The second-order valence-electron chi connectivity index (χ2n) is 4.08. The van der Waals surface area contributed by atoms with Crippen molar-refractivity contribution in [3.63, 3.8) is 0 Å². The summed E-state index contributed by atoms with van der Waals surface area (Å²) >= 11 is 5.83. The summed E-state index contributed by atoms with van der Waals surface area (Å²) in [5.74, 6) is 0. The molecule has 2 nitrogen and oxygen atoms in total. The zero-order valence-corrected chi connectivity index (χ0v) is 9.63. The largest absolute Gasteiger partial charge is 0.376 e. The van der Waals surface area contributed by atoms with E-state index in [0.29, 0.717) is 12.1 Å². The lowest BCUT2D eigenvalue weighted by molar-refractivity contribution is 0.0155. The van der Waals surface area contributed by atoms with Crippen LogP contribution in [0.5, 0.6) is 0 Å². The summed E-state index contributed by atoms with van der Waals surface area (Å²) in [5, 5.41) is 4.27. The van der Waals surface area contributed by atoms with Crippen LogP contribution < -0.4 is 5.32 Å². The van der Waals surface area contributed by atoms with E-state index >= 15 is 0 Å². The van der Waals surface area contributed by atoms with Gasteiger partial charge in [-0.05, 0) is 31.0 Å². The Kier molecular flexibility index (Phi) is 3.62. The Balaban J connectivity index is 1.89. The van der Waals surface area contributed by atoms with Gasteiger partial charge in [-0.15, -0.1) is 0 Å². The van der Waals surface area contributed by atoms with E-state index in [4.69, 9.17) is 16.3 Å². The highest BCUT2D eigenvalue weighted by molar-refractivity contribution is 6.30. The van der Waals surface area contributed by atoms with Crippen LogP contribution >= 0.6 is 11.6 Å². The zero-order valence-electron chi connectivity index (χ0n) is 8.87. The van der Waals surface area contributed by atoms with E-state index < -0.39 is 0 Å². The molecular formula is C12H16ClNO. The van der Waals surface area contributed by atoms with E-state index in [1.54, 1.807) is 0 Å². The molecule has 2 rings (SSSR count). The third kappa shape index (κ3) is 3.20. The van der Waals surface area contributed by atoms with Crippen molar-refractivity contribution in [2.24, 2.45) is 0 Å². The van der Waals surface area contributed by atoms with Crippen LogP contribution in [0.15, 0.2) is 24.3 Å². The first kappa shape index (κ1) is 10.9. The van der Waals surface area contributed by atoms with Crippen LogP contribution in [-0.4, -0.2) is 25.3 Å². The monoisotopic (exact) mass is 225 g/mol. The average molecular weight is 226 g/mol. The topological polar surface area (TPSA) is 21.3 Å². The molecule has 1 unspecified atom stereocenters. The maximum Gasteiger partial charge on any atom is 0.0672 e. The first-order valence-corrected chi connectivity index (χ1v) is 5.71. The lowest BCUT2D eigenvalue weighted by atomic mass is 10.1. The molecule has 1 saturated heterocycles. The van der Waals surface area contributed by atoms with E-state index in [2.05, 4.69) is 24.4 Å². The predicted octanol–water partition coefficient (Wildman–Crippen LogP) is 2.26. The second-order valence-corrected chi connectivity index (χ2v) is 4.52. The van der Waals surface area contributed by atoms with Gasteiger partial charge in [-0.2, -0.15) is 0 Å². The number of nitrogens with one attached hydrogen (secondary N) is 1. The molecule has 1 aliphatic heterocycles. The van der Waals surface area contributed by atoms with Gasteiger partial charge < -0.3 is 10.1 Å². The van der Waals surface area contributed by atoms with Gasteiger partial charge in [-0.25, -0.2) is 0 Å². The van der Waals surface area contributed by atoms with Crippen LogP contribution in [0.2, 0.25) is 5.02 Å². The quantitative estimate of drug-likeness (QED) is 0.834. The fourth-order valence-electron chi connectivity index (χ4n) is 1.77. The van der Waals surface area contributed by atoms with E-state index in [1.807, 2.05) is 12.1 Å². The maximum absolute atomic E-state index is 5.83. The van der Waals surface area contributed by atoms with Crippen molar-refractivity contribution in [2.45, 2.75) is 25.5 Å². The maximum atomic E-state index is 5.83. The summed E-state index contributed by atoms with van der Waals surface area (Å²) in [6, 6.07) is 8.44. The van der Waals surface area contributed by atoms with Crippen molar-refractivity contribution >= 4 is 11.6 Å². The summed E-state index contributed by atoms with van der Waals surface area (Å²) in [4.78, 5) is 0. The summed E-state index contributed by atoms with van der Waals surface area (Å²) in [7, 11) is 0. The van der Waals surface area contributed by atoms with Crippen molar-refractivity contribution in [2.75, 3.05) is 13.2 Å². The molecule has 1 heterocycles. The molecule has 1 aromatic carbocycles. The standard InChI is InChI=1S/C12H16ClNO/c1-9-7-14-12(8-15-9)6-10-2-4-11(13)5-3-10/h2-5,9,12,14H,6-8H2,1H3/t9-,12?/m0/s1. The van der Waals surface area contributed by atoms with Gasteiger partial charge in [0, 0.05) is 17.6 Å². The molecule has 0 saturated carbocycles. The number of rotatable bonds is 2. The molecule has 1 N–H and O–H groups in total. The number of halogens is 1. The first-order valence-electron chi connectivity index (χ1n) is 5.33. The van der Waals surface area contributed by atoms with Gasteiger partial charge in [0.05, 0.1) is 12.7 Å². The average Bonchev–Trinajstić information content (AvgIpc) is 2.25. The van der Waals surface area contributed by atoms with Gasteiger partial charge >= 0.3 is 0 Å². The van der Waals surface area contributed by atoms with Crippen molar-refractivity contribution in [1.82, 2.24) is 5.32 Å². The highest BCUT2D eigenvalue weighted by Crippen LogP contribution is 2.12. The molecule has 0 aromatic heterocycles. The van der Waals surface area contributed by atoms with Crippen molar-refractivity contribution in [1.29, 1.82) is 0 Å². The van der Waals surface area contributed by atoms with Crippen molar-refractivity contribution in [3.8, 4) is 0 Å². The Hall–Kier alpha value is -0.570. The summed E-state index contributed by atoms with van der Waals surface area (Å²) in [6.07, 6.45) is 1.34. The van der Waals surface area contributed by atoms with Gasteiger partial charge in [0.2, 0.25) is 0 Å². The summed E-state index contributed by atoms with van der Waals surface area (Å²) < 4.78 is 5.60. The second kappa shape index (κ2) is 4.97. The van der Waals surface area contributed by atoms with E-state index in [1.165, 1.54) is 5.56 Å². The van der Waals surface area contributed by atoms with Gasteiger partial charge in [0.15, 0.2) is 0 Å². The minimum absolute atomic E-state index is 0.339. The first-order chi connectivity index (χ1) is 7.24. The Morgan fingerprint density at radius 1 is 1.40 bits per heavy atom. The molecular weight excluding hydrogens is 210 g/mol. The smallest absolute Gasteiger partial charge is 0.0672 e. The fourth-order valence-corrected chi connectivity index (χ4v) is 1.89. The highest BCUT2D eigenvalue weighted by atomic mass is 35.5. The molecule has 15 heavy (non-hydrogen) atoms. The summed E-state index contributed by atoms with van der Waals surface area (Å²) in [5.41, 5.74) is 1.30. The molecule has 1 aromatic rings. The third-order valence-corrected chi connectivity index (χ3v) is 2.92. The number of hydrogen-bond acceptors (Lipinski definition) is 2. The van der Waals surface area contributed by atoms with Gasteiger partial charge in [-0.3, -0.25) is 0 Å². The molecule has 0 radical (unpaired) electrons. The minimum atomic E-state index is 0.339. The third-order valence-electron chi connectivity index (χ3n) is 2.67. The Bertz CT molecular complexity index is 304. The number of benzene rings is 1. The molecule has 3 heteroatoms. The van der Waals surface area contributed by atoms with Crippen LogP contribution in [0, 0.1) is 0 Å². The van der Waals surface area contributed by atoms with E-state index in [0.717, 1.165) is 24.6 Å². The van der Waals surface area contributed by atoms with Crippen LogP contribution in [-0.2, 0) is 11.2 Å². The normalized spacial score (nSPS) is 26.5. The Morgan fingerprint density at radius 3 is 2.73 bits per heavy atom. The van der Waals surface area contributed by atoms with Crippen molar-refractivity contribution < 1.29 is 4.74 Å². The molecule has 1 fully saturated rings. The van der Waals surface area contributed by atoms with E-state index in [9.17, 15) is 0 Å². The predicted molar refractivity (Wildman–Crippen MR) is 62.4 cm³/mol. The molecule has 0 amide bonds. The van der Waals surface area contributed by atoms with E-state index in [-0.39, 0.29) is 0 Å².